The molecule has 0 radical (unpaired) electrons. The number of hydrogen-bond donors (Lipinski definition) is 1. The van der Waals surface area contributed by atoms with Gasteiger partial charge >= 0.3 is 0 Å². The average Bonchev–Trinajstić information content (AvgIpc) is 3.02. The fourth-order valence-corrected chi connectivity index (χ4v) is 3.25. The molecule has 6 heteroatoms. The van der Waals surface area contributed by atoms with Gasteiger partial charge in [0, 0.05) is 36.8 Å². The summed E-state index contributed by atoms with van der Waals surface area (Å²) in [5.41, 5.74) is 0.293. The van der Waals surface area contributed by atoms with Crippen LogP contribution in [0.1, 0.15) is 54.3 Å². The molecule has 3 heterocycles. The van der Waals surface area contributed by atoms with Crippen molar-refractivity contribution in [2.75, 3.05) is 6.54 Å². The summed E-state index contributed by atoms with van der Waals surface area (Å²) in [4.78, 5) is 18.1. The predicted octanol–water partition coefficient (Wildman–Crippen LogP) is 3.32. The smallest absolute Gasteiger partial charge is 0.254 e. The molecule has 24 heavy (non-hydrogen) atoms. The lowest BCUT2D eigenvalue weighted by Crippen LogP contribution is -2.41. The number of likely N-dealkylation sites (tertiary alicyclic amines) is 1. The van der Waals surface area contributed by atoms with Gasteiger partial charge in [-0.2, -0.15) is 4.39 Å². The molecule has 1 N–H and O–H groups in total. The zero-order valence-electron chi connectivity index (χ0n) is 13.4. The van der Waals surface area contributed by atoms with Gasteiger partial charge in [-0.25, -0.2) is 4.98 Å². The van der Waals surface area contributed by atoms with E-state index in [0.29, 0.717) is 24.3 Å². The lowest BCUT2D eigenvalue weighted by atomic mass is 10.0. The minimum atomic E-state index is -0.757. The predicted molar refractivity (Wildman–Crippen MR) is 85.8 cm³/mol. The number of amides is 1. The number of aliphatic hydroxyl groups is 1. The van der Waals surface area contributed by atoms with E-state index in [9.17, 15) is 14.3 Å². The number of halogens is 1. The minimum Gasteiger partial charge on any atom is -0.467 e. The van der Waals surface area contributed by atoms with Crippen LogP contribution in [0.2, 0.25) is 0 Å². The van der Waals surface area contributed by atoms with Crippen molar-refractivity contribution in [3.8, 4) is 0 Å². The van der Waals surface area contributed by atoms with E-state index in [4.69, 9.17) is 4.42 Å². The fraction of sp³-hybridized carbons (Fsp3) is 0.444. The molecule has 2 aromatic rings. The Bertz CT molecular complexity index is 675. The van der Waals surface area contributed by atoms with Crippen LogP contribution in [0, 0.1) is 5.95 Å². The van der Waals surface area contributed by atoms with Gasteiger partial charge in [-0.3, -0.25) is 4.79 Å². The van der Waals surface area contributed by atoms with Gasteiger partial charge in [0.15, 0.2) is 0 Å². The number of carbonyl (C=O) groups excluding carboxylic acids is 1. The summed E-state index contributed by atoms with van der Waals surface area (Å²) in [6, 6.07) is 6.04. The Balaban J connectivity index is 1.78. The molecule has 2 aromatic heterocycles. The second-order valence-electron chi connectivity index (χ2n) is 6.14. The van der Waals surface area contributed by atoms with Crippen LogP contribution in [0.25, 0.3) is 0 Å². The van der Waals surface area contributed by atoms with Gasteiger partial charge in [-0.05, 0) is 31.0 Å². The van der Waals surface area contributed by atoms with E-state index >= 15 is 0 Å². The fourth-order valence-electron chi connectivity index (χ4n) is 3.25. The number of pyridine rings is 1. The van der Waals surface area contributed by atoms with Crippen molar-refractivity contribution in [2.24, 2.45) is 0 Å². The van der Waals surface area contributed by atoms with Crippen LogP contribution in [0.5, 0.6) is 0 Å². The monoisotopic (exact) mass is 332 g/mol. The summed E-state index contributed by atoms with van der Waals surface area (Å²) < 4.78 is 18.6. The van der Waals surface area contributed by atoms with Crippen LogP contribution in [0.15, 0.2) is 41.1 Å². The molecule has 1 saturated heterocycles. The topological polar surface area (TPSA) is 66.6 Å². The molecule has 1 aliphatic rings. The lowest BCUT2D eigenvalue weighted by Gasteiger charge is -2.31. The van der Waals surface area contributed by atoms with Gasteiger partial charge in [0.1, 0.15) is 11.9 Å². The number of aromatic nitrogens is 1. The van der Waals surface area contributed by atoms with E-state index in [0.717, 1.165) is 31.7 Å². The van der Waals surface area contributed by atoms with Gasteiger partial charge < -0.3 is 14.4 Å². The summed E-state index contributed by atoms with van der Waals surface area (Å²) in [7, 11) is 0. The Morgan fingerprint density at radius 1 is 1.42 bits per heavy atom. The van der Waals surface area contributed by atoms with E-state index in [1.807, 2.05) is 0 Å². The number of carbonyl (C=O) groups is 1. The highest BCUT2D eigenvalue weighted by atomic mass is 19.1. The molecular formula is C18H21FN2O3. The molecule has 1 aliphatic heterocycles. The molecule has 0 aliphatic carbocycles. The maximum atomic E-state index is 13.3. The van der Waals surface area contributed by atoms with Crippen LogP contribution in [-0.4, -0.2) is 33.5 Å². The number of hydrogen-bond acceptors (Lipinski definition) is 4. The van der Waals surface area contributed by atoms with E-state index in [1.54, 1.807) is 17.0 Å². The molecule has 2 atom stereocenters. The summed E-state index contributed by atoms with van der Waals surface area (Å²) in [6.45, 7) is 0.609. The second-order valence-corrected chi connectivity index (χ2v) is 6.14. The van der Waals surface area contributed by atoms with E-state index in [-0.39, 0.29) is 11.9 Å². The van der Waals surface area contributed by atoms with E-state index in [1.165, 1.54) is 18.5 Å². The Hall–Kier alpha value is -2.21. The van der Waals surface area contributed by atoms with Gasteiger partial charge in [-0.15, -0.1) is 0 Å². The summed E-state index contributed by atoms with van der Waals surface area (Å²) >= 11 is 0. The highest BCUT2D eigenvalue weighted by Crippen LogP contribution is 2.27. The first-order chi connectivity index (χ1) is 11.6. The highest BCUT2D eigenvalue weighted by Gasteiger charge is 2.29. The third-order valence-corrected chi connectivity index (χ3v) is 4.48. The second kappa shape index (κ2) is 7.57. The largest absolute Gasteiger partial charge is 0.467 e. The van der Waals surface area contributed by atoms with Crippen LogP contribution in [-0.2, 0) is 0 Å². The molecule has 3 rings (SSSR count). The van der Waals surface area contributed by atoms with Gasteiger partial charge in [0.25, 0.3) is 5.91 Å². The molecule has 2 unspecified atom stereocenters. The average molecular weight is 332 g/mol. The zero-order valence-corrected chi connectivity index (χ0v) is 13.4. The maximum absolute atomic E-state index is 13.3. The molecule has 0 spiro atoms. The van der Waals surface area contributed by atoms with Crippen molar-refractivity contribution in [3.05, 3.63) is 54.0 Å². The molecule has 0 aromatic carbocycles. The summed E-state index contributed by atoms with van der Waals surface area (Å²) in [6.07, 6.45) is 6.25. The van der Waals surface area contributed by atoms with E-state index < -0.39 is 12.1 Å². The van der Waals surface area contributed by atoms with Crippen molar-refractivity contribution in [1.82, 2.24) is 9.88 Å². The Kier molecular flexibility index (Phi) is 5.25. The molecular weight excluding hydrogens is 311 g/mol. The standard InChI is InChI=1S/C18H21FN2O3/c19-17-11-13(7-8-20-17)18(23)21-9-3-1-2-5-14(21)12-15(22)16-6-4-10-24-16/h4,6-8,10-11,14-15,22H,1-3,5,9,12H2. The first-order valence-corrected chi connectivity index (χ1v) is 8.29. The van der Waals surface area contributed by atoms with Gasteiger partial charge in [-0.1, -0.05) is 12.8 Å². The number of furan rings is 1. The molecule has 1 amide bonds. The normalized spacial score (nSPS) is 19.8. The van der Waals surface area contributed by atoms with Crippen LogP contribution in [0.4, 0.5) is 4.39 Å². The van der Waals surface area contributed by atoms with E-state index in [2.05, 4.69) is 4.98 Å². The molecule has 0 saturated carbocycles. The van der Waals surface area contributed by atoms with Gasteiger partial charge in [0.2, 0.25) is 5.95 Å². The van der Waals surface area contributed by atoms with Crippen LogP contribution < -0.4 is 0 Å². The Labute approximate surface area is 140 Å². The summed E-state index contributed by atoms with van der Waals surface area (Å²) in [5.74, 6) is -0.376. The molecule has 5 nitrogen and oxygen atoms in total. The van der Waals surface area contributed by atoms with Crippen molar-refractivity contribution in [1.29, 1.82) is 0 Å². The molecule has 128 valence electrons. The zero-order chi connectivity index (χ0) is 16.9. The number of nitrogens with zero attached hydrogens (tertiary/aromatic N) is 2. The number of rotatable bonds is 4. The van der Waals surface area contributed by atoms with Crippen molar-refractivity contribution in [2.45, 2.75) is 44.2 Å². The third-order valence-electron chi connectivity index (χ3n) is 4.48. The SMILES string of the molecule is O=C(c1ccnc(F)c1)N1CCCCCC1CC(O)c1ccco1. The first kappa shape index (κ1) is 16.6. The Morgan fingerprint density at radius 3 is 3.04 bits per heavy atom. The molecule has 0 bridgehead atoms. The lowest BCUT2D eigenvalue weighted by molar-refractivity contribution is 0.0556. The van der Waals surface area contributed by atoms with Crippen molar-refractivity contribution < 1.29 is 18.7 Å². The quantitative estimate of drug-likeness (QED) is 0.872. The number of aliphatic hydroxyl groups excluding tert-OH is 1. The van der Waals surface area contributed by atoms with Crippen molar-refractivity contribution in [3.63, 3.8) is 0 Å². The maximum Gasteiger partial charge on any atom is 0.254 e. The van der Waals surface area contributed by atoms with Crippen LogP contribution in [0.3, 0.4) is 0 Å². The minimum absolute atomic E-state index is 0.101. The molecule has 1 fully saturated rings. The van der Waals surface area contributed by atoms with Gasteiger partial charge in [0.05, 0.1) is 6.26 Å². The Morgan fingerprint density at radius 2 is 2.29 bits per heavy atom. The first-order valence-electron chi connectivity index (χ1n) is 8.29. The van der Waals surface area contributed by atoms with Crippen molar-refractivity contribution >= 4 is 5.91 Å². The summed E-state index contributed by atoms with van der Waals surface area (Å²) in [5, 5.41) is 10.4. The van der Waals surface area contributed by atoms with Crippen LogP contribution >= 0.6 is 0 Å². The highest BCUT2D eigenvalue weighted by molar-refractivity contribution is 5.94. The third kappa shape index (κ3) is 3.82.